The Hall–Kier alpha value is -1.15. The van der Waals surface area contributed by atoms with E-state index in [2.05, 4.69) is 15.7 Å². The van der Waals surface area contributed by atoms with Crippen molar-refractivity contribution in [2.45, 2.75) is 19.0 Å². The molecule has 1 aromatic heterocycles. The van der Waals surface area contributed by atoms with E-state index in [9.17, 15) is 13.2 Å². The molecule has 0 spiro atoms. The molecule has 0 bridgehead atoms. The molecule has 2 heterocycles. The van der Waals surface area contributed by atoms with E-state index in [0.29, 0.717) is 12.5 Å². The van der Waals surface area contributed by atoms with Crippen molar-refractivity contribution in [1.82, 2.24) is 4.98 Å². The molecule has 1 fully saturated rings. The number of nitrogens with one attached hydrogen (secondary N) is 2. The summed E-state index contributed by atoms with van der Waals surface area (Å²) < 4.78 is 38.3. The quantitative estimate of drug-likeness (QED) is 0.590. The molecular weight excluding hydrogens is 289 g/mol. The number of thioether (sulfide) groups is 1. The van der Waals surface area contributed by atoms with Crippen LogP contribution in [0.2, 0.25) is 0 Å². The van der Waals surface area contributed by atoms with Crippen LogP contribution in [0.3, 0.4) is 0 Å². The molecule has 1 aliphatic heterocycles. The Labute approximate surface area is 119 Å². The van der Waals surface area contributed by atoms with Gasteiger partial charge in [-0.05, 0) is 42.4 Å². The van der Waals surface area contributed by atoms with Crippen LogP contribution in [0.5, 0.6) is 0 Å². The van der Waals surface area contributed by atoms with Gasteiger partial charge in [0.1, 0.15) is 11.6 Å². The number of nitrogen functional groups attached to an aromatic ring is 1. The molecule has 8 heteroatoms. The second-order valence-corrected chi connectivity index (χ2v) is 5.93. The van der Waals surface area contributed by atoms with Crippen LogP contribution in [0, 0.1) is 5.92 Å². The fourth-order valence-electron chi connectivity index (χ4n) is 2.06. The van der Waals surface area contributed by atoms with Gasteiger partial charge in [-0.1, -0.05) is 0 Å². The fourth-order valence-corrected chi connectivity index (χ4v) is 3.26. The van der Waals surface area contributed by atoms with Crippen molar-refractivity contribution in [3.8, 4) is 0 Å². The van der Waals surface area contributed by atoms with Gasteiger partial charge in [-0.2, -0.15) is 24.9 Å². The molecule has 1 aliphatic rings. The normalized spacial score (nSPS) is 17.0. The summed E-state index contributed by atoms with van der Waals surface area (Å²) in [5.74, 6) is 8.07. The zero-order valence-corrected chi connectivity index (χ0v) is 11.7. The number of nitrogens with zero attached hydrogens (tertiary/aromatic N) is 1. The standard InChI is InChI=1S/C12H17F3N4S/c13-12(14,15)9-5-10(18-11(6-9)19-16)17-7-8-1-3-20-4-2-8/h5-6,8H,1-4,7,16H2,(H2,17,18,19). The first kappa shape index (κ1) is 15.2. The SMILES string of the molecule is NNc1cc(C(F)(F)F)cc(NCC2CCSCC2)n1. The molecule has 4 nitrogen and oxygen atoms in total. The number of aromatic nitrogens is 1. The van der Waals surface area contributed by atoms with Gasteiger partial charge in [0.25, 0.3) is 0 Å². The van der Waals surface area contributed by atoms with Gasteiger partial charge in [0.15, 0.2) is 0 Å². The van der Waals surface area contributed by atoms with Gasteiger partial charge in [-0.3, -0.25) is 0 Å². The first-order valence-electron chi connectivity index (χ1n) is 6.36. The maximum atomic E-state index is 12.8. The number of hydrogen-bond donors (Lipinski definition) is 3. The maximum absolute atomic E-state index is 12.8. The van der Waals surface area contributed by atoms with Gasteiger partial charge < -0.3 is 10.7 Å². The van der Waals surface area contributed by atoms with Crippen LogP contribution in [0.25, 0.3) is 0 Å². The lowest BCUT2D eigenvalue weighted by atomic mass is 10.0. The third kappa shape index (κ3) is 4.17. The van der Waals surface area contributed by atoms with Gasteiger partial charge >= 0.3 is 6.18 Å². The Morgan fingerprint density at radius 2 is 1.90 bits per heavy atom. The van der Waals surface area contributed by atoms with E-state index < -0.39 is 11.7 Å². The molecule has 0 aliphatic carbocycles. The smallest absolute Gasteiger partial charge is 0.370 e. The van der Waals surface area contributed by atoms with Crippen LogP contribution >= 0.6 is 11.8 Å². The molecule has 2 rings (SSSR count). The summed E-state index contributed by atoms with van der Waals surface area (Å²) in [7, 11) is 0. The topological polar surface area (TPSA) is 63.0 Å². The molecule has 0 amide bonds. The van der Waals surface area contributed by atoms with Crippen LogP contribution in [-0.4, -0.2) is 23.0 Å². The number of hydrogen-bond acceptors (Lipinski definition) is 5. The first-order chi connectivity index (χ1) is 9.49. The molecule has 0 atom stereocenters. The summed E-state index contributed by atoms with van der Waals surface area (Å²) in [4.78, 5) is 4.00. The van der Waals surface area contributed by atoms with Crippen molar-refractivity contribution in [1.29, 1.82) is 0 Å². The highest BCUT2D eigenvalue weighted by Crippen LogP contribution is 2.32. The van der Waals surface area contributed by atoms with Crippen LogP contribution < -0.4 is 16.6 Å². The predicted molar refractivity (Wildman–Crippen MR) is 75.6 cm³/mol. The molecule has 4 N–H and O–H groups in total. The van der Waals surface area contributed by atoms with E-state index in [1.165, 1.54) is 0 Å². The van der Waals surface area contributed by atoms with Crippen molar-refractivity contribution in [2.75, 3.05) is 28.8 Å². The molecular formula is C12H17F3N4S. The maximum Gasteiger partial charge on any atom is 0.416 e. The second kappa shape index (κ2) is 6.53. The Morgan fingerprint density at radius 3 is 2.50 bits per heavy atom. The van der Waals surface area contributed by atoms with Crippen LogP contribution in [0.1, 0.15) is 18.4 Å². The number of halogens is 3. The summed E-state index contributed by atoms with van der Waals surface area (Å²) in [5.41, 5.74) is 1.40. The summed E-state index contributed by atoms with van der Waals surface area (Å²) in [6.07, 6.45) is -2.25. The highest BCUT2D eigenvalue weighted by Gasteiger charge is 2.31. The Bertz CT molecular complexity index is 447. The second-order valence-electron chi connectivity index (χ2n) is 4.71. The molecule has 1 saturated heterocycles. The van der Waals surface area contributed by atoms with Gasteiger partial charge in [0.05, 0.1) is 5.56 Å². The highest BCUT2D eigenvalue weighted by molar-refractivity contribution is 7.99. The molecule has 0 unspecified atom stereocenters. The zero-order valence-electron chi connectivity index (χ0n) is 10.8. The minimum absolute atomic E-state index is 0.00141. The third-order valence-electron chi connectivity index (χ3n) is 3.21. The average Bonchev–Trinajstić information content (AvgIpc) is 2.45. The number of rotatable bonds is 4. The van der Waals surface area contributed by atoms with Gasteiger partial charge in [0.2, 0.25) is 0 Å². The number of anilines is 2. The Balaban J connectivity index is 2.06. The molecule has 112 valence electrons. The van der Waals surface area contributed by atoms with E-state index in [4.69, 9.17) is 5.84 Å². The number of pyridine rings is 1. The minimum Gasteiger partial charge on any atom is -0.370 e. The fraction of sp³-hybridized carbons (Fsp3) is 0.583. The minimum atomic E-state index is -4.41. The monoisotopic (exact) mass is 306 g/mol. The van der Waals surface area contributed by atoms with E-state index in [-0.39, 0.29) is 11.6 Å². The molecule has 0 saturated carbocycles. The lowest BCUT2D eigenvalue weighted by Crippen LogP contribution is -2.20. The summed E-state index contributed by atoms with van der Waals surface area (Å²) in [6, 6.07) is 1.90. The summed E-state index contributed by atoms with van der Waals surface area (Å²) in [6.45, 7) is 0.638. The highest BCUT2D eigenvalue weighted by atomic mass is 32.2. The predicted octanol–water partition coefficient (Wildman–Crippen LogP) is 2.94. The van der Waals surface area contributed by atoms with Crippen molar-refractivity contribution in [3.05, 3.63) is 17.7 Å². The van der Waals surface area contributed by atoms with E-state index in [1.54, 1.807) is 0 Å². The van der Waals surface area contributed by atoms with Crippen LogP contribution in [0.4, 0.5) is 24.8 Å². The molecule has 20 heavy (non-hydrogen) atoms. The zero-order chi connectivity index (χ0) is 14.6. The first-order valence-corrected chi connectivity index (χ1v) is 7.52. The van der Waals surface area contributed by atoms with Crippen LogP contribution in [0.15, 0.2) is 12.1 Å². The van der Waals surface area contributed by atoms with Crippen molar-refractivity contribution >= 4 is 23.4 Å². The number of hydrazine groups is 1. The molecule has 0 aromatic carbocycles. The Kier molecular flexibility index (Phi) is 4.98. The third-order valence-corrected chi connectivity index (χ3v) is 4.26. The Morgan fingerprint density at radius 1 is 1.25 bits per heavy atom. The average molecular weight is 306 g/mol. The van der Waals surface area contributed by atoms with Gasteiger partial charge in [0, 0.05) is 6.54 Å². The van der Waals surface area contributed by atoms with Crippen LogP contribution in [-0.2, 0) is 6.18 Å². The van der Waals surface area contributed by atoms with Crippen molar-refractivity contribution in [2.24, 2.45) is 11.8 Å². The lowest BCUT2D eigenvalue weighted by Gasteiger charge is -2.22. The van der Waals surface area contributed by atoms with Gasteiger partial charge in [-0.25, -0.2) is 10.8 Å². The molecule has 0 radical (unpaired) electrons. The van der Waals surface area contributed by atoms with E-state index >= 15 is 0 Å². The largest absolute Gasteiger partial charge is 0.416 e. The number of alkyl halides is 3. The van der Waals surface area contributed by atoms with Gasteiger partial charge in [-0.15, -0.1) is 0 Å². The lowest BCUT2D eigenvalue weighted by molar-refractivity contribution is -0.137. The van der Waals surface area contributed by atoms with Crippen molar-refractivity contribution in [3.63, 3.8) is 0 Å². The van der Waals surface area contributed by atoms with Crippen molar-refractivity contribution < 1.29 is 13.2 Å². The van der Waals surface area contributed by atoms with E-state index in [0.717, 1.165) is 36.5 Å². The summed E-state index contributed by atoms with van der Waals surface area (Å²) >= 11 is 1.91. The van der Waals surface area contributed by atoms with E-state index in [1.807, 2.05) is 11.8 Å². The number of nitrogens with two attached hydrogens (primary N) is 1. The summed E-state index contributed by atoms with van der Waals surface area (Å²) in [5, 5.41) is 2.99. The molecule has 1 aromatic rings.